The molecule has 0 radical (unpaired) electrons. The number of aromatic carboxylic acids is 1. The van der Waals surface area contributed by atoms with Crippen LogP contribution < -0.4 is 0 Å². The second-order valence-electron chi connectivity index (χ2n) is 4.30. The quantitative estimate of drug-likeness (QED) is 0.883. The summed E-state index contributed by atoms with van der Waals surface area (Å²) in [6.45, 7) is 0. The number of carbonyl (C=O) groups excluding carboxylic acids is 1. The average molecular weight is 320 g/mol. The van der Waals surface area contributed by atoms with Crippen LogP contribution in [-0.4, -0.2) is 50.1 Å². The molecule has 1 amide bonds. The normalized spacial score (nSPS) is 11.2. The summed E-state index contributed by atoms with van der Waals surface area (Å²) in [7, 11) is -0.676. The lowest BCUT2D eigenvalue weighted by Gasteiger charge is -2.10. The van der Waals surface area contributed by atoms with Crippen LogP contribution in [0.2, 0.25) is 5.02 Å². The highest BCUT2D eigenvalue weighted by Gasteiger charge is 2.20. The minimum absolute atomic E-state index is 0.0409. The summed E-state index contributed by atoms with van der Waals surface area (Å²) in [6, 6.07) is 3.44. The Labute approximate surface area is 121 Å². The van der Waals surface area contributed by atoms with Crippen LogP contribution in [-0.2, 0) is 14.6 Å². The smallest absolute Gasteiger partial charge is 0.337 e. The number of amides is 1. The van der Waals surface area contributed by atoms with E-state index in [1.165, 1.54) is 31.1 Å². The molecule has 0 fully saturated rings. The molecule has 0 saturated carbocycles. The zero-order valence-electron chi connectivity index (χ0n) is 11.0. The van der Waals surface area contributed by atoms with E-state index in [9.17, 15) is 18.0 Å². The summed E-state index contributed by atoms with van der Waals surface area (Å²) >= 11 is 5.67. The van der Waals surface area contributed by atoms with E-state index in [4.69, 9.17) is 16.7 Å². The fourth-order valence-corrected chi connectivity index (χ4v) is 2.88. The molecule has 1 aromatic rings. The molecule has 6 nitrogen and oxygen atoms in total. The van der Waals surface area contributed by atoms with E-state index in [2.05, 4.69) is 0 Å². The Morgan fingerprint density at radius 2 is 1.90 bits per heavy atom. The molecule has 0 aromatic heterocycles. The fourth-order valence-electron chi connectivity index (χ4n) is 1.42. The van der Waals surface area contributed by atoms with E-state index in [0.29, 0.717) is 0 Å². The van der Waals surface area contributed by atoms with Gasteiger partial charge in [-0.15, -0.1) is 0 Å². The molecule has 0 saturated heterocycles. The molecule has 0 aliphatic carbocycles. The first-order valence-corrected chi connectivity index (χ1v) is 7.64. The molecule has 0 aliphatic rings. The van der Waals surface area contributed by atoms with Crippen molar-refractivity contribution in [2.24, 2.45) is 0 Å². The van der Waals surface area contributed by atoms with Crippen LogP contribution in [0.1, 0.15) is 16.8 Å². The van der Waals surface area contributed by atoms with Crippen LogP contribution in [0.15, 0.2) is 23.1 Å². The van der Waals surface area contributed by atoms with Crippen LogP contribution in [0.25, 0.3) is 0 Å². The summed E-state index contributed by atoms with van der Waals surface area (Å²) in [5.41, 5.74) is -0.285. The minimum Gasteiger partial charge on any atom is -0.478 e. The first kappa shape index (κ1) is 16.5. The van der Waals surface area contributed by atoms with Crippen molar-refractivity contribution in [2.75, 3.05) is 19.8 Å². The molecule has 0 aliphatic heterocycles. The van der Waals surface area contributed by atoms with E-state index >= 15 is 0 Å². The van der Waals surface area contributed by atoms with Crippen LogP contribution in [0, 0.1) is 0 Å². The van der Waals surface area contributed by atoms with E-state index in [1.54, 1.807) is 0 Å². The lowest BCUT2D eigenvalue weighted by molar-refractivity contribution is -0.128. The Bertz CT molecular complexity index is 639. The first-order chi connectivity index (χ1) is 9.15. The van der Waals surface area contributed by atoms with Gasteiger partial charge in [0.25, 0.3) is 0 Å². The van der Waals surface area contributed by atoms with Gasteiger partial charge in [0.1, 0.15) is 0 Å². The summed E-state index contributed by atoms with van der Waals surface area (Å²) < 4.78 is 24.1. The predicted octanol–water partition coefficient (Wildman–Crippen LogP) is 1.29. The second kappa shape index (κ2) is 6.23. The molecule has 20 heavy (non-hydrogen) atoms. The number of carboxylic acid groups (broad SMARTS) is 1. The van der Waals surface area contributed by atoms with Gasteiger partial charge in [0.05, 0.1) is 21.2 Å². The molecule has 0 spiro atoms. The number of sulfone groups is 1. The van der Waals surface area contributed by atoms with E-state index in [-0.39, 0.29) is 33.6 Å². The third kappa shape index (κ3) is 3.94. The summed E-state index contributed by atoms with van der Waals surface area (Å²) in [4.78, 5) is 23.4. The highest BCUT2D eigenvalue weighted by molar-refractivity contribution is 7.91. The number of nitrogens with zero attached hydrogens (tertiary/aromatic N) is 1. The summed E-state index contributed by atoms with van der Waals surface area (Å²) in [5, 5.41) is 8.87. The fraction of sp³-hybridized carbons (Fsp3) is 0.333. The molecular formula is C12H14ClNO5S. The lowest BCUT2D eigenvalue weighted by atomic mass is 10.2. The third-order valence-corrected chi connectivity index (χ3v) is 4.65. The average Bonchev–Trinajstić information content (AvgIpc) is 2.35. The van der Waals surface area contributed by atoms with Crippen LogP contribution in [0.4, 0.5) is 0 Å². The van der Waals surface area contributed by atoms with Gasteiger partial charge in [-0.3, -0.25) is 4.79 Å². The largest absolute Gasteiger partial charge is 0.478 e. The highest BCUT2D eigenvalue weighted by atomic mass is 35.5. The monoisotopic (exact) mass is 319 g/mol. The summed E-state index contributed by atoms with van der Waals surface area (Å²) in [6.07, 6.45) is -0.166. The Balaban J connectivity index is 3.02. The Hall–Kier alpha value is -1.60. The number of hydrogen-bond donors (Lipinski definition) is 1. The van der Waals surface area contributed by atoms with Crippen LogP contribution in [0.5, 0.6) is 0 Å². The van der Waals surface area contributed by atoms with Crippen molar-refractivity contribution in [3.63, 3.8) is 0 Å². The number of halogens is 1. The lowest BCUT2D eigenvalue weighted by Crippen LogP contribution is -2.24. The number of carboxylic acids is 1. The molecular weight excluding hydrogens is 306 g/mol. The molecule has 0 atom stereocenters. The SMILES string of the molecule is CN(C)C(=O)CCS(=O)(=O)c1ccc(Cl)c(C(=O)O)c1. The van der Waals surface area contributed by atoms with Gasteiger partial charge >= 0.3 is 5.97 Å². The van der Waals surface area contributed by atoms with Gasteiger partial charge in [0.15, 0.2) is 9.84 Å². The van der Waals surface area contributed by atoms with Crippen molar-refractivity contribution >= 4 is 33.3 Å². The minimum atomic E-state index is -3.73. The van der Waals surface area contributed by atoms with E-state index in [0.717, 1.165) is 6.07 Å². The van der Waals surface area contributed by atoms with Gasteiger partial charge in [-0.2, -0.15) is 0 Å². The van der Waals surface area contributed by atoms with Gasteiger partial charge in [-0.1, -0.05) is 11.6 Å². The second-order valence-corrected chi connectivity index (χ2v) is 6.82. The topological polar surface area (TPSA) is 91.8 Å². The van der Waals surface area contributed by atoms with E-state index in [1.807, 2.05) is 0 Å². The zero-order valence-corrected chi connectivity index (χ0v) is 12.5. The van der Waals surface area contributed by atoms with Crippen molar-refractivity contribution in [2.45, 2.75) is 11.3 Å². The molecule has 1 N–H and O–H groups in total. The number of benzene rings is 1. The zero-order chi connectivity index (χ0) is 15.5. The van der Waals surface area contributed by atoms with Crippen molar-refractivity contribution in [3.05, 3.63) is 28.8 Å². The van der Waals surface area contributed by atoms with Crippen LogP contribution in [0.3, 0.4) is 0 Å². The molecule has 0 bridgehead atoms. The van der Waals surface area contributed by atoms with E-state index < -0.39 is 15.8 Å². The number of carbonyl (C=O) groups is 2. The maximum Gasteiger partial charge on any atom is 0.337 e. The molecule has 0 heterocycles. The van der Waals surface area contributed by atoms with Gasteiger partial charge in [0, 0.05) is 20.5 Å². The van der Waals surface area contributed by atoms with Gasteiger partial charge in [-0.25, -0.2) is 13.2 Å². The summed E-state index contributed by atoms with van der Waals surface area (Å²) in [5.74, 6) is -2.01. The Morgan fingerprint density at radius 3 is 2.40 bits per heavy atom. The van der Waals surface area contributed by atoms with Gasteiger partial charge < -0.3 is 10.0 Å². The maximum atomic E-state index is 12.0. The van der Waals surface area contributed by atoms with Gasteiger partial charge in [0.2, 0.25) is 5.91 Å². The predicted molar refractivity (Wildman–Crippen MR) is 73.8 cm³/mol. The third-order valence-electron chi connectivity index (χ3n) is 2.61. The Kier molecular flexibility index (Phi) is 5.13. The molecule has 8 heteroatoms. The van der Waals surface area contributed by atoms with Crippen molar-refractivity contribution in [3.8, 4) is 0 Å². The van der Waals surface area contributed by atoms with Crippen LogP contribution >= 0.6 is 11.6 Å². The first-order valence-electron chi connectivity index (χ1n) is 5.61. The van der Waals surface area contributed by atoms with Crippen molar-refractivity contribution in [1.29, 1.82) is 0 Å². The highest BCUT2D eigenvalue weighted by Crippen LogP contribution is 2.21. The maximum absolute atomic E-state index is 12.0. The number of rotatable bonds is 5. The number of hydrogen-bond acceptors (Lipinski definition) is 4. The van der Waals surface area contributed by atoms with Crippen molar-refractivity contribution < 1.29 is 23.1 Å². The molecule has 0 unspecified atom stereocenters. The molecule has 1 rings (SSSR count). The molecule has 110 valence electrons. The van der Waals surface area contributed by atoms with Crippen molar-refractivity contribution in [1.82, 2.24) is 4.90 Å². The Morgan fingerprint density at radius 1 is 1.30 bits per heavy atom. The molecule has 1 aromatic carbocycles. The standard InChI is InChI=1S/C12H14ClNO5S/c1-14(2)11(15)5-6-20(18,19)8-3-4-10(13)9(7-8)12(16)17/h3-4,7H,5-6H2,1-2H3,(H,16,17). The van der Waals surface area contributed by atoms with Gasteiger partial charge in [-0.05, 0) is 18.2 Å².